The molecule has 0 amide bonds. The first-order valence-electron chi connectivity index (χ1n) is 5.85. The van der Waals surface area contributed by atoms with Crippen LogP contribution in [0, 0.1) is 0 Å². The first kappa shape index (κ1) is 14.8. The first-order chi connectivity index (χ1) is 9.51. The molecule has 8 heteroatoms. The van der Waals surface area contributed by atoms with Gasteiger partial charge in [0.25, 0.3) is 10.0 Å². The second-order valence-corrected chi connectivity index (χ2v) is 6.45. The summed E-state index contributed by atoms with van der Waals surface area (Å²) in [6.07, 6.45) is 1.39. The first-order valence-corrected chi connectivity index (χ1v) is 7.66. The van der Waals surface area contributed by atoms with Gasteiger partial charge in [0.05, 0.1) is 11.2 Å². The summed E-state index contributed by atoms with van der Waals surface area (Å²) in [6, 6.07) is 8.44. The summed E-state index contributed by atoms with van der Waals surface area (Å²) in [7, 11) is -2.08. The summed E-state index contributed by atoms with van der Waals surface area (Å²) in [4.78, 5) is 0. The van der Waals surface area contributed by atoms with Gasteiger partial charge >= 0.3 is 0 Å². The molecule has 1 N–H and O–H groups in total. The third kappa shape index (κ3) is 3.30. The SMILES string of the molecule is CN(CCOc1ccccc1Cl)S(=O)(=O)c1ccn[nH]1. The van der Waals surface area contributed by atoms with Crippen LogP contribution in [0.2, 0.25) is 5.02 Å². The van der Waals surface area contributed by atoms with Crippen LogP contribution >= 0.6 is 11.6 Å². The maximum atomic E-state index is 12.1. The molecular weight excluding hydrogens is 302 g/mol. The molecule has 20 heavy (non-hydrogen) atoms. The number of aromatic amines is 1. The lowest BCUT2D eigenvalue weighted by Crippen LogP contribution is -2.31. The summed E-state index contributed by atoms with van der Waals surface area (Å²) in [6.45, 7) is 0.403. The molecule has 0 aliphatic heterocycles. The van der Waals surface area contributed by atoms with Crippen LogP contribution in [0.15, 0.2) is 41.6 Å². The molecule has 0 radical (unpaired) electrons. The van der Waals surface area contributed by atoms with Gasteiger partial charge in [0.2, 0.25) is 0 Å². The fraction of sp³-hybridized carbons (Fsp3) is 0.250. The molecule has 0 bridgehead atoms. The second kappa shape index (κ2) is 6.25. The van der Waals surface area contributed by atoms with Crippen molar-refractivity contribution in [2.75, 3.05) is 20.2 Å². The van der Waals surface area contributed by atoms with Gasteiger partial charge in [0.1, 0.15) is 12.4 Å². The molecule has 0 aliphatic rings. The fourth-order valence-electron chi connectivity index (χ4n) is 1.52. The van der Waals surface area contributed by atoms with Crippen molar-refractivity contribution < 1.29 is 13.2 Å². The van der Waals surface area contributed by atoms with Crippen molar-refractivity contribution in [2.45, 2.75) is 5.03 Å². The molecule has 2 rings (SSSR count). The van der Waals surface area contributed by atoms with E-state index in [1.807, 2.05) is 0 Å². The standard InChI is InChI=1S/C12H14ClN3O3S/c1-16(20(17,18)12-6-7-14-15-12)8-9-19-11-5-3-2-4-10(11)13/h2-7H,8-9H2,1H3,(H,14,15). The van der Waals surface area contributed by atoms with E-state index in [2.05, 4.69) is 10.2 Å². The van der Waals surface area contributed by atoms with Gasteiger partial charge in [-0.15, -0.1) is 0 Å². The highest BCUT2D eigenvalue weighted by molar-refractivity contribution is 7.89. The summed E-state index contributed by atoms with van der Waals surface area (Å²) in [5, 5.41) is 6.61. The smallest absolute Gasteiger partial charge is 0.259 e. The topological polar surface area (TPSA) is 75.3 Å². The van der Waals surface area contributed by atoms with E-state index < -0.39 is 10.0 Å². The van der Waals surface area contributed by atoms with E-state index in [1.54, 1.807) is 24.3 Å². The lowest BCUT2D eigenvalue weighted by molar-refractivity contribution is 0.287. The molecule has 6 nitrogen and oxygen atoms in total. The Kier molecular flexibility index (Phi) is 4.64. The van der Waals surface area contributed by atoms with E-state index in [0.717, 1.165) is 0 Å². The Morgan fingerprint density at radius 3 is 2.75 bits per heavy atom. The maximum Gasteiger partial charge on any atom is 0.259 e. The highest BCUT2D eigenvalue weighted by Crippen LogP contribution is 2.23. The quantitative estimate of drug-likeness (QED) is 0.881. The van der Waals surface area contributed by atoms with Gasteiger partial charge in [-0.1, -0.05) is 23.7 Å². The van der Waals surface area contributed by atoms with E-state index in [1.165, 1.54) is 23.6 Å². The maximum absolute atomic E-state index is 12.1. The van der Waals surface area contributed by atoms with E-state index >= 15 is 0 Å². The molecule has 0 unspecified atom stereocenters. The van der Waals surface area contributed by atoms with Crippen LogP contribution in [0.4, 0.5) is 0 Å². The van der Waals surface area contributed by atoms with Gasteiger partial charge in [-0.2, -0.15) is 9.40 Å². The van der Waals surface area contributed by atoms with Crippen molar-refractivity contribution in [1.29, 1.82) is 0 Å². The minimum absolute atomic E-state index is 0.0535. The van der Waals surface area contributed by atoms with Crippen molar-refractivity contribution >= 4 is 21.6 Å². The highest BCUT2D eigenvalue weighted by atomic mass is 35.5. The Morgan fingerprint density at radius 1 is 1.35 bits per heavy atom. The molecule has 1 heterocycles. The number of para-hydroxylation sites is 1. The Bertz CT molecular complexity index is 658. The van der Waals surface area contributed by atoms with Gasteiger partial charge in [-0.05, 0) is 18.2 Å². The van der Waals surface area contributed by atoms with E-state index in [4.69, 9.17) is 16.3 Å². The van der Waals surface area contributed by atoms with Crippen LogP contribution in [-0.2, 0) is 10.0 Å². The van der Waals surface area contributed by atoms with E-state index in [-0.39, 0.29) is 18.2 Å². The molecular formula is C12H14ClN3O3S. The molecule has 108 valence electrons. The van der Waals surface area contributed by atoms with E-state index in [0.29, 0.717) is 10.8 Å². The van der Waals surface area contributed by atoms with Crippen molar-refractivity contribution in [2.24, 2.45) is 0 Å². The second-order valence-electron chi connectivity index (χ2n) is 4.03. The number of hydrogen-bond acceptors (Lipinski definition) is 4. The molecule has 0 saturated heterocycles. The predicted octanol–water partition coefficient (Wildman–Crippen LogP) is 1.76. The third-order valence-corrected chi connectivity index (χ3v) is 4.76. The fourth-order valence-corrected chi connectivity index (χ4v) is 2.76. The number of nitrogens with zero attached hydrogens (tertiary/aromatic N) is 2. The number of benzene rings is 1. The number of rotatable bonds is 6. The number of likely N-dealkylation sites (N-methyl/N-ethyl adjacent to an activating group) is 1. The summed E-state index contributed by atoms with van der Waals surface area (Å²) < 4.78 is 30.8. The van der Waals surface area contributed by atoms with Crippen LogP contribution in [0.3, 0.4) is 0 Å². The van der Waals surface area contributed by atoms with Crippen molar-refractivity contribution in [3.05, 3.63) is 41.6 Å². The largest absolute Gasteiger partial charge is 0.491 e. The molecule has 0 atom stereocenters. The van der Waals surface area contributed by atoms with Crippen LogP contribution in [-0.4, -0.2) is 43.1 Å². The zero-order valence-corrected chi connectivity index (χ0v) is 12.4. The van der Waals surface area contributed by atoms with Gasteiger partial charge < -0.3 is 4.74 Å². The molecule has 0 spiro atoms. The molecule has 0 saturated carbocycles. The molecule has 2 aromatic rings. The zero-order valence-electron chi connectivity index (χ0n) is 10.8. The monoisotopic (exact) mass is 315 g/mol. The highest BCUT2D eigenvalue weighted by Gasteiger charge is 2.21. The van der Waals surface area contributed by atoms with Crippen molar-refractivity contribution in [3.63, 3.8) is 0 Å². The number of nitrogens with one attached hydrogen (secondary N) is 1. The Hall–Kier alpha value is -1.57. The van der Waals surface area contributed by atoms with Gasteiger partial charge in [0, 0.05) is 13.6 Å². The molecule has 1 aromatic carbocycles. The number of ether oxygens (including phenoxy) is 1. The number of sulfonamides is 1. The summed E-state index contributed by atoms with van der Waals surface area (Å²) >= 11 is 5.94. The molecule has 0 fully saturated rings. The average Bonchev–Trinajstić information content (AvgIpc) is 2.95. The minimum Gasteiger partial charge on any atom is -0.491 e. The number of H-pyrrole nitrogens is 1. The summed E-state index contributed by atoms with van der Waals surface area (Å²) in [5.74, 6) is 0.529. The van der Waals surface area contributed by atoms with Crippen molar-refractivity contribution in [1.82, 2.24) is 14.5 Å². The van der Waals surface area contributed by atoms with Crippen LogP contribution in [0.1, 0.15) is 0 Å². The van der Waals surface area contributed by atoms with Crippen molar-refractivity contribution in [3.8, 4) is 5.75 Å². The summed E-state index contributed by atoms with van der Waals surface area (Å²) in [5.41, 5.74) is 0. The molecule has 1 aromatic heterocycles. The number of aromatic nitrogens is 2. The minimum atomic E-state index is -3.56. The van der Waals surface area contributed by atoms with Gasteiger partial charge in [-0.3, -0.25) is 5.10 Å². The van der Waals surface area contributed by atoms with Crippen LogP contribution < -0.4 is 4.74 Å². The van der Waals surface area contributed by atoms with Gasteiger partial charge in [0.15, 0.2) is 5.03 Å². The third-order valence-electron chi connectivity index (χ3n) is 2.66. The van der Waals surface area contributed by atoms with Gasteiger partial charge in [-0.25, -0.2) is 8.42 Å². The Balaban J connectivity index is 1.93. The number of halogens is 1. The van der Waals surface area contributed by atoms with E-state index in [9.17, 15) is 8.42 Å². The zero-order chi connectivity index (χ0) is 14.6. The van der Waals surface area contributed by atoms with Crippen LogP contribution in [0.5, 0.6) is 5.75 Å². The molecule has 0 aliphatic carbocycles. The lowest BCUT2D eigenvalue weighted by atomic mass is 10.3. The average molecular weight is 316 g/mol. The predicted molar refractivity (Wildman–Crippen MR) is 75.4 cm³/mol. The lowest BCUT2D eigenvalue weighted by Gasteiger charge is -2.16. The Labute approximate surface area is 122 Å². The normalized spacial score (nSPS) is 11.8. The number of hydrogen-bond donors (Lipinski definition) is 1. The van der Waals surface area contributed by atoms with Crippen LogP contribution in [0.25, 0.3) is 0 Å². The Morgan fingerprint density at radius 2 is 2.10 bits per heavy atom.